The number of rotatable bonds is 4. The fourth-order valence-corrected chi connectivity index (χ4v) is 2.81. The number of ether oxygens (including phenoxy) is 1. The van der Waals surface area contributed by atoms with Crippen LogP contribution in [0.3, 0.4) is 0 Å². The Kier molecular flexibility index (Phi) is 5.07. The topological polar surface area (TPSA) is 26.3 Å². The fourth-order valence-electron chi connectivity index (χ4n) is 1.48. The molecule has 0 amide bonds. The molecule has 4 heteroatoms. The molecule has 0 saturated heterocycles. The third-order valence-electron chi connectivity index (χ3n) is 2.66. The number of carbonyl (C=O) groups excluding carboxylic acids is 1. The van der Waals surface area contributed by atoms with Crippen molar-refractivity contribution in [3.05, 3.63) is 28.2 Å². The van der Waals surface area contributed by atoms with Gasteiger partial charge in [0, 0.05) is 9.37 Å². The van der Waals surface area contributed by atoms with Crippen LogP contribution >= 0.6 is 27.7 Å². The lowest BCUT2D eigenvalue weighted by Crippen LogP contribution is -2.31. The summed E-state index contributed by atoms with van der Waals surface area (Å²) >= 11 is 5.19. The Hall–Kier alpha value is -0.480. The number of carbonyl (C=O) groups is 1. The van der Waals surface area contributed by atoms with E-state index in [2.05, 4.69) is 15.9 Å². The Morgan fingerprint density at radius 2 is 2.12 bits per heavy atom. The third-order valence-corrected chi connectivity index (χ3v) is 4.37. The third kappa shape index (κ3) is 3.26. The molecule has 1 rings (SSSR count). The van der Waals surface area contributed by atoms with Gasteiger partial charge >= 0.3 is 5.97 Å². The largest absolute Gasteiger partial charge is 0.465 e. The molecule has 0 bridgehead atoms. The van der Waals surface area contributed by atoms with Gasteiger partial charge in [-0.05, 0) is 60.7 Å². The van der Waals surface area contributed by atoms with Gasteiger partial charge in [-0.25, -0.2) is 0 Å². The monoisotopic (exact) mass is 316 g/mol. The molecule has 17 heavy (non-hydrogen) atoms. The SMILES string of the molecule is CCOC(=O)C(C)(C)c1ccc(SC)c(Br)c1. The quantitative estimate of drug-likeness (QED) is 0.620. The average Bonchev–Trinajstić information content (AvgIpc) is 2.29. The maximum absolute atomic E-state index is 11.9. The lowest BCUT2D eigenvalue weighted by molar-refractivity contribution is -0.148. The minimum Gasteiger partial charge on any atom is -0.465 e. The Balaban J connectivity index is 3.07. The van der Waals surface area contributed by atoms with E-state index in [1.807, 2.05) is 45.2 Å². The molecular formula is C13H17BrO2S. The molecule has 1 aromatic carbocycles. The lowest BCUT2D eigenvalue weighted by atomic mass is 9.85. The van der Waals surface area contributed by atoms with Gasteiger partial charge in [0.2, 0.25) is 0 Å². The zero-order valence-electron chi connectivity index (χ0n) is 10.5. The lowest BCUT2D eigenvalue weighted by Gasteiger charge is -2.23. The summed E-state index contributed by atoms with van der Waals surface area (Å²) in [5.74, 6) is -0.191. The zero-order valence-corrected chi connectivity index (χ0v) is 12.9. The summed E-state index contributed by atoms with van der Waals surface area (Å²) in [4.78, 5) is 13.0. The Morgan fingerprint density at radius 3 is 2.59 bits per heavy atom. The zero-order chi connectivity index (χ0) is 13.1. The molecule has 0 heterocycles. The van der Waals surface area contributed by atoms with Crippen molar-refractivity contribution in [2.45, 2.75) is 31.1 Å². The molecular weight excluding hydrogens is 300 g/mol. The van der Waals surface area contributed by atoms with E-state index in [0.717, 1.165) is 14.9 Å². The van der Waals surface area contributed by atoms with Crippen LogP contribution in [0.4, 0.5) is 0 Å². The van der Waals surface area contributed by atoms with E-state index in [-0.39, 0.29) is 5.97 Å². The van der Waals surface area contributed by atoms with Crippen molar-refractivity contribution in [3.8, 4) is 0 Å². The highest BCUT2D eigenvalue weighted by atomic mass is 79.9. The maximum Gasteiger partial charge on any atom is 0.315 e. The second kappa shape index (κ2) is 5.91. The van der Waals surface area contributed by atoms with Crippen molar-refractivity contribution in [3.63, 3.8) is 0 Å². The molecule has 2 nitrogen and oxygen atoms in total. The molecule has 0 unspecified atom stereocenters. The molecule has 0 aliphatic carbocycles. The normalized spacial score (nSPS) is 11.4. The molecule has 0 aliphatic heterocycles. The molecule has 0 atom stereocenters. The van der Waals surface area contributed by atoms with Crippen LogP contribution in [-0.4, -0.2) is 18.8 Å². The van der Waals surface area contributed by atoms with E-state index in [9.17, 15) is 4.79 Å². The average molecular weight is 317 g/mol. The highest BCUT2D eigenvalue weighted by molar-refractivity contribution is 9.10. The Bertz CT molecular complexity index is 416. The van der Waals surface area contributed by atoms with Crippen molar-refractivity contribution in [1.29, 1.82) is 0 Å². The number of halogens is 1. The molecule has 0 saturated carbocycles. The minimum absolute atomic E-state index is 0.191. The van der Waals surface area contributed by atoms with Gasteiger partial charge in [0.15, 0.2) is 0 Å². The van der Waals surface area contributed by atoms with E-state index in [4.69, 9.17) is 4.74 Å². The van der Waals surface area contributed by atoms with Crippen molar-refractivity contribution < 1.29 is 9.53 Å². The van der Waals surface area contributed by atoms with E-state index in [0.29, 0.717) is 6.61 Å². The Labute approximate surface area is 115 Å². The molecule has 0 aliphatic rings. The Morgan fingerprint density at radius 1 is 1.47 bits per heavy atom. The molecule has 0 aromatic heterocycles. The smallest absolute Gasteiger partial charge is 0.315 e. The van der Waals surface area contributed by atoms with Gasteiger partial charge in [0.05, 0.1) is 12.0 Å². The fraction of sp³-hybridized carbons (Fsp3) is 0.462. The summed E-state index contributed by atoms with van der Waals surface area (Å²) in [6.07, 6.45) is 2.02. The summed E-state index contributed by atoms with van der Waals surface area (Å²) < 4.78 is 6.11. The van der Waals surface area contributed by atoms with E-state index in [1.54, 1.807) is 11.8 Å². The van der Waals surface area contributed by atoms with Gasteiger partial charge in [-0.3, -0.25) is 4.79 Å². The first kappa shape index (κ1) is 14.6. The number of thioether (sulfide) groups is 1. The van der Waals surface area contributed by atoms with Gasteiger partial charge in [-0.2, -0.15) is 0 Å². The van der Waals surface area contributed by atoms with Crippen molar-refractivity contribution >= 4 is 33.7 Å². The van der Waals surface area contributed by atoms with Crippen LogP contribution in [0.2, 0.25) is 0 Å². The molecule has 0 fully saturated rings. The summed E-state index contributed by atoms with van der Waals surface area (Å²) in [6, 6.07) is 5.99. The van der Waals surface area contributed by atoms with E-state index in [1.165, 1.54) is 0 Å². The van der Waals surface area contributed by atoms with Gasteiger partial charge in [-0.1, -0.05) is 6.07 Å². The van der Waals surface area contributed by atoms with Crippen LogP contribution in [-0.2, 0) is 14.9 Å². The highest BCUT2D eigenvalue weighted by Gasteiger charge is 2.31. The molecule has 0 spiro atoms. The number of benzene rings is 1. The number of hydrogen-bond acceptors (Lipinski definition) is 3. The van der Waals surface area contributed by atoms with Crippen LogP contribution in [0.5, 0.6) is 0 Å². The molecule has 1 aromatic rings. The van der Waals surface area contributed by atoms with Gasteiger partial charge in [-0.15, -0.1) is 11.8 Å². The van der Waals surface area contributed by atoms with Crippen LogP contribution in [0.1, 0.15) is 26.3 Å². The maximum atomic E-state index is 11.9. The van der Waals surface area contributed by atoms with Gasteiger partial charge < -0.3 is 4.74 Å². The predicted molar refractivity (Wildman–Crippen MR) is 75.6 cm³/mol. The summed E-state index contributed by atoms with van der Waals surface area (Å²) in [7, 11) is 0. The van der Waals surface area contributed by atoms with E-state index < -0.39 is 5.41 Å². The first-order valence-corrected chi connectivity index (χ1v) is 7.46. The van der Waals surface area contributed by atoms with Crippen LogP contribution < -0.4 is 0 Å². The number of hydrogen-bond donors (Lipinski definition) is 0. The standard InChI is InChI=1S/C13H17BrO2S/c1-5-16-12(15)13(2,3)9-6-7-11(17-4)10(14)8-9/h6-8H,5H2,1-4H3. The van der Waals surface area contributed by atoms with Gasteiger partial charge in [0.1, 0.15) is 0 Å². The highest BCUT2D eigenvalue weighted by Crippen LogP contribution is 2.32. The molecule has 0 radical (unpaired) electrons. The van der Waals surface area contributed by atoms with Crippen molar-refractivity contribution in [1.82, 2.24) is 0 Å². The minimum atomic E-state index is -0.616. The molecule has 0 N–H and O–H groups in total. The summed E-state index contributed by atoms with van der Waals surface area (Å²) in [5, 5.41) is 0. The van der Waals surface area contributed by atoms with Crippen molar-refractivity contribution in [2.24, 2.45) is 0 Å². The predicted octanol–water partition coefficient (Wildman–Crippen LogP) is 4.01. The second-order valence-corrected chi connectivity index (χ2v) is 5.90. The van der Waals surface area contributed by atoms with Crippen LogP contribution in [0, 0.1) is 0 Å². The van der Waals surface area contributed by atoms with Gasteiger partial charge in [0.25, 0.3) is 0 Å². The van der Waals surface area contributed by atoms with Crippen LogP contribution in [0.15, 0.2) is 27.6 Å². The summed E-state index contributed by atoms with van der Waals surface area (Å²) in [5.41, 5.74) is 0.343. The van der Waals surface area contributed by atoms with Crippen LogP contribution in [0.25, 0.3) is 0 Å². The first-order chi connectivity index (χ1) is 7.93. The summed E-state index contributed by atoms with van der Waals surface area (Å²) in [6.45, 7) is 5.99. The van der Waals surface area contributed by atoms with E-state index >= 15 is 0 Å². The first-order valence-electron chi connectivity index (χ1n) is 5.44. The van der Waals surface area contributed by atoms with Crippen molar-refractivity contribution in [2.75, 3.05) is 12.9 Å². The number of esters is 1. The molecule has 94 valence electrons. The second-order valence-electron chi connectivity index (χ2n) is 4.19.